The fourth-order valence-corrected chi connectivity index (χ4v) is 1.95. The fourth-order valence-electron chi connectivity index (χ4n) is 1.95. The lowest BCUT2D eigenvalue weighted by molar-refractivity contribution is -0.144. The van der Waals surface area contributed by atoms with Crippen molar-refractivity contribution in [2.45, 2.75) is 38.8 Å². The molecule has 1 fully saturated rings. The van der Waals surface area contributed by atoms with Crippen LogP contribution in [-0.4, -0.2) is 59.5 Å². The van der Waals surface area contributed by atoms with E-state index < -0.39 is 12.0 Å². The van der Waals surface area contributed by atoms with E-state index in [4.69, 9.17) is 5.11 Å². The molecule has 2 atom stereocenters. The predicted octanol–water partition coefficient (Wildman–Crippen LogP) is -0.824. The number of carboxylic acid groups (broad SMARTS) is 1. The molecule has 0 aliphatic carbocycles. The van der Waals surface area contributed by atoms with Crippen LogP contribution in [-0.2, 0) is 14.4 Å². The summed E-state index contributed by atoms with van der Waals surface area (Å²) in [6.45, 7) is 4.83. The highest BCUT2D eigenvalue weighted by Crippen LogP contribution is 2.08. The molecule has 1 aliphatic heterocycles. The van der Waals surface area contributed by atoms with Crippen LogP contribution in [0.2, 0.25) is 0 Å². The van der Waals surface area contributed by atoms with Gasteiger partial charge in [-0.05, 0) is 13.3 Å². The van der Waals surface area contributed by atoms with Crippen LogP contribution in [0, 0.1) is 0 Å². The van der Waals surface area contributed by atoms with Crippen LogP contribution < -0.4 is 10.6 Å². The first kappa shape index (κ1) is 15.4. The quantitative estimate of drug-likeness (QED) is 0.586. The van der Waals surface area contributed by atoms with Crippen molar-refractivity contribution in [3.8, 4) is 0 Å². The van der Waals surface area contributed by atoms with E-state index in [9.17, 15) is 14.4 Å². The second-order valence-electron chi connectivity index (χ2n) is 4.75. The van der Waals surface area contributed by atoms with Gasteiger partial charge >= 0.3 is 5.97 Å². The lowest BCUT2D eigenvalue weighted by Crippen LogP contribution is -2.58. The minimum Gasteiger partial charge on any atom is -0.481 e. The normalized spacial score (nSPS) is 21.6. The summed E-state index contributed by atoms with van der Waals surface area (Å²) in [7, 11) is 0. The van der Waals surface area contributed by atoms with Gasteiger partial charge in [0.1, 0.15) is 6.04 Å². The Morgan fingerprint density at radius 3 is 2.84 bits per heavy atom. The minimum atomic E-state index is -1.05. The van der Waals surface area contributed by atoms with Crippen molar-refractivity contribution in [2.75, 3.05) is 19.6 Å². The van der Waals surface area contributed by atoms with Crippen molar-refractivity contribution in [1.29, 1.82) is 0 Å². The number of nitrogens with zero attached hydrogens (tertiary/aromatic N) is 1. The Bertz CT molecular complexity index is 359. The third kappa shape index (κ3) is 4.86. The number of hydrogen-bond donors (Lipinski definition) is 3. The smallest absolute Gasteiger partial charge is 0.305 e. The summed E-state index contributed by atoms with van der Waals surface area (Å²) in [5.41, 5.74) is 0. The molecule has 0 radical (unpaired) electrons. The van der Waals surface area contributed by atoms with Gasteiger partial charge in [-0.1, -0.05) is 6.92 Å². The lowest BCUT2D eigenvalue weighted by Gasteiger charge is -2.33. The highest BCUT2D eigenvalue weighted by Gasteiger charge is 2.32. The zero-order valence-corrected chi connectivity index (χ0v) is 11.3. The summed E-state index contributed by atoms with van der Waals surface area (Å²) in [4.78, 5) is 35.8. The van der Waals surface area contributed by atoms with Crippen LogP contribution in [0.5, 0.6) is 0 Å². The maximum atomic E-state index is 11.8. The highest BCUT2D eigenvalue weighted by molar-refractivity contribution is 5.87. The van der Waals surface area contributed by atoms with Gasteiger partial charge in [-0.3, -0.25) is 19.3 Å². The van der Waals surface area contributed by atoms with Gasteiger partial charge in [0.2, 0.25) is 11.8 Å². The largest absolute Gasteiger partial charge is 0.481 e. The van der Waals surface area contributed by atoms with E-state index in [2.05, 4.69) is 10.6 Å². The first-order chi connectivity index (χ1) is 8.93. The number of nitrogens with one attached hydrogen (secondary N) is 2. The zero-order valence-electron chi connectivity index (χ0n) is 11.3. The van der Waals surface area contributed by atoms with Crippen molar-refractivity contribution in [3.05, 3.63) is 0 Å². The fraction of sp³-hybridized carbons (Fsp3) is 0.750. The van der Waals surface area contributed by atoms with Gasteiger partial charge < -0.3 is 15.7 Å². The second-order valence-corrected chi connectivity index (χ2v) is 4.75. The molecule has 0 saturated carbocycles. The first-order valence-electron chi connectivity index (χ1n) is 6.47. The molecular formula is C12H21N3O4. The Labute approximate surface area is 112 Å². The number of aliphatic carboxylic acids is 1. The van der Waals surface area contributed by atoms with Gasteiger partial charge in [0, 0.05) is 19.1 Å². The maximum Gasteiger partial charge on any atom is 0.305 e. The number of amides is 2. The van der Waals surface area contributed by atoms with Gasteiger partial charge in [-0.25, -0.2) is 0 Å². The summed E-state index contributed by atoms with van der Waals surface area (Å²) in [5.74, 6) is -1.56. The third-order valence-corrected chi connectivity index (χ3v) is 3.18. The van der Waals surface area contributed by atoms with E-state index in [1.165, 1.54) is 0 Å². The zero-order chi connectivity index (χ0) is 14.4. The Morgan fingerprint density at radius 1 is 1.58 bits per heavy atom. The van der Waals surface area contributed by atoms with Crippen LogP contribution in [0.25, 0.3) is 0 Å². The third-order valence-electron chi connectivity index (χ3n) is 3.18. The SMILES string of the molecule is CCC(C)NC(=O)CN1CCNC(=O)C1CC(=O)O. The Morgan fingerprint density at radius 2 is 2.26 bits per heavy atom. The molecule has 1 heterocycles. The number of hydrogen-bond acceptors (Lipinski definition) is 4. The molecule has 3 N–H and O–H groups in total. The molecule has 7 nitrogen and oxygen atoms in total. The average Bonchev–Trinajstić information content (AvgIpc) is 2.33. The molecule has 1 rings (SSSR count). The van der Waals surface area contributed by atoms with Crippen LogP contribution in [0.4, 0.5) is 0 Å². The van der Waals surface area contributed by atoms with Crippen LogP contribution in [0.3, 0.4) is 0 Å². The Kier molecular flexibility index (Phi) is 5.75. The van der Waals surface area contributed by atoms with Crippen molar-refractivity contribution < 1.29 is 19.5 Å². The number of rotatable bonds is 6. The van der Waals surface area contributed by atoms with Crippen LogP contribution in [0.15, 0.2) is 0 Å². The Balaban J connectivity index is 2.59. The molecule has 2 unspecified atom stereocenters. The molecule has 2 amide bonds. The topological polar surface area (TPSA) is 98.7 Å². The number of carbonyl (C=O) groups is 3. The van der Waals surface area contributed by atoms with Crippen LogP contribution in [0.1, 0.15) is 26.7 Å². The van der Waals surface area contributed by atoms with Gasteiger partial charge in [-0.15, -0.1) is 0 Å². The van der Waals surface area contributed by atoms with Crippen molar-refractivity contribution >= 4 is 17.8 Å². The average molecular weight is 271 g/mol. The van der Waals surface area contributed by atoms with E-state index in [0.29, 0.717) is 13.1 Å². The van der Waals surface area contributed by atoms with E-state index >= 15 is 0 Å². The monoisotopic (exact) mass is 271 g/mol. The molecule has 0 aromatic rings. The van der Waals surface area contributed by atoms with E-state index in [1.54, 1.807) is 4.90 Å². The first-order valence-corrected chi connectivity index (χ1v) is 6.47. The molecule has 0 bridgehead atoms. The van der Waals surface area contributed by atoms with Crippen molar-refractivity contribution in [2.24, 2.45) is 0 Å². The summed E-state index contributed by atoms with van der Waals surface area (Å²) in [6.07, 6.45) is 0.535. The molecular weight excluding hydrogens is 250 g/mol. The maximum absolute atomic E-state index is 11.8. The molecule has 7 heteroatoms. The molecule has 19 heavy (non-hydrogen) atoms. The molecule has 0 spiro atoms. The Hall–Kier alpha value is -1.63. The van der Waals surface area contributed by atoms with Crippen molar-refractivity contribution in [3.63, 3.8) is 0 Å². The van der Waals surface area contributed by atoms with E-state index in [1.807, 2.05) is 13.8 Å². The number of piperazine rings is 1. The second kappa shape index (κ2) is 7.08. The predicted molar refractivity (Wildman–Crippen MR) is 68.5 cm³/mol. The molecule has 108 valence electrons. The van der Waals surface area contributed by atoms with Gasteiger partial charge in [-0.2, -0.15) is 0 Å². The molecule has 0 aromatic carbocycles. The van der Waals surface area contributed by atoms with Gasteiger partial charge in [0.05, 0.1) is 13.0 Å². The van der Waals surface area contributed by atoms with E-state index in [0.717, 1.165) is 6.42 Å². The standard InChI is InChI=1S/C12H21N3O4/c1-3-8(2)14-10(16)7-15-5-4-13-12(19)9(15)6-11(17)18/h8-9H,3-7H2,1-2H3,(H,13,19)(H,14,16)(H,17,18). The van der Waals surface area contributed by atoms with Crippen LogP contribution >= 0.6 is 0 Å². The molecule has 1 saturated heterocycles. The van der Waals surface area contributed by atoms with E-state index in [-0.39, 0.29) is 30.8 Å². The lowest BCUT2D eigenvalue weighted by atomic mass is 10.1. The molecule has 1 aliphatic rings. The summed E-state index contributed by atoms with van der Waals surface area (Å²) in [6, 6.07) is -0.696. The summed E-state index contributed by atoms with van der Waals surface area (Å²) >= 11 is 0. The number of carbonyl (C=O) groups excluding carboxylic acids is 2. The highest BCUT2D eigenvalue weighted by atomic mass is 16.4. The summed E-state index contributed by atoms with van der Waals surface area (Å²) < 4.78 is 0. The van der Waals surface area contributed by atoms with Gasteiger partial charge in [0.15, 0.2) is 0 Å². The number of carboxylic acids is 1. The summed E-state index contributed by atoms with van der Waals surface area (Å²) in [5, 5.41) is 14.2. The minimum absolute atomic E-state index is 0.0513. The van der Waals surface area contributed by atoms with Crippen molar-refractivity contribution in [1.82, 2.24) is 15.5 Å². The van der Waals surface area contributed by atoms with Gasteiger partial charge in [0.25, 0.3) is 0 Å². The molecule has 0 aromatic heterocycles.